The molecule has 1 heterocycles. The molecule has 2 aromatic carbocycles. The van der Waals surface area contributed by atoms with Crippen LogP contribution in [0.2, 0.25) is 0 Å². The van der Waals surface area contributed by atoms with Crippen LogP contribution in [0, 0.1) is 0 Å². The molecule has 1 aromatic heterocycles. The number of nitrogens with zero attached hydrogens (tertiary/aromatic N) is 1. The Bertz CT molecular complexity index is 948. The van der Waals surface area contributed by atoms with Gasteiger partial charge in [-0.3, -0.25) is 0 Å². The van der Waals surface area contributed by atoms with Gasteiger partial charge in [-0.05, 0) is 36.4 Å². The van der Waals surface area contributed by atoms with E-state index in [0.717, 1.165) is 0 Å². The third-order valence-electron chi connectivity index (χ3n) is 3.41. The van der Waals surface area contributed by atoms with Gasteiger partial charge in [0, 0.05) is 11.3 Å². The van der Waals surface area contributed by atoms with Crippen LogP contribution in [-0.4, -0.2) is 23.3 Å². The quantitative estimate of drug-likeness (QED) is 0.481. The Hall–Kier alpha value is -3.87. The number of carbonyl (C=O) groups excluding carboxylic acids is 1. The van der Waals surface area contributed by atoms with Crippen LogP contribution in [-0.2, 0) is 0 Å². The highest BCUT2D eigenvalue weighted by molar-refractivity contribution is 5.90. The highest BCUT2D eigenvalue weighted by Gasteiger charge is 2.08. The second-order valence-corrected chi connectivity index (χ2v) is 5.28. The molecule has 0 unspecified atom stereocenters. The van der Waals surface area contributed by atoms with E-state index in [-0.39, 0.29) is 5.56 Å². The predicted molar refractivity (Wildman–Crippen MR) is 97.3 cm³/mol. The number of carboxylic acids is 1. The Morgan fingerprint density at radius 3 is 2.58 bits per heavy atom. The number of anilines is 1. The minimum atomic E-state index is -1.01. The highest BCUT2D eigenvalue weighted by atomic mass is 16.4. The molecule has 2 amide bonds. The monoisotopic (exact) mass is 349 g/mol. The second-order valence-electron chi connectivity index (χ2n) is 5.28. The van der Waals surface area contributed by atoms with E-state index in [1.165, 1.54) is 18.3 Å². The lowest BCUT2D eigenvalue weighted by Crippen LogP contribution is -2.24. The van der Waals surface area contributed by atoms with Gasteiger partial charge in [0.2, 0.25) is 0 Å². The fourth-order valence-electron chi connectivity index (χ4n) is 2.22. The van der Waals surface area contributed by atoms with Crippen LogP contribution in [0.3, 0.4) is 0 Å². The van der Waals surface area contributed by atoms with Crippen molar-refractivity contribution in [3.05, 3.63) is 78.1 Å². The first-order valence-electron chi connectivity index (χ1n) is 7.70. The Morgan fingerprint density at radius 2 is 1.81 bits per heavy atom. The zero-order valence-electron chi connectivity index (χ0n) is 13.5. The van der Waals surface area contributed by atoms with Crippen molar-refractivity contribution in [2.45, 2.75) is 0 Å². The number of carboxylic acid groups (broad SMARTS) is 1. The standard InChI is InChI=1S/C19H15N3O4/c23-18(24)14-6-4-5-13(11-14)17-10-9-16(26-17)12-20-22-19(25)21-15-7-2-1-3-8-15/h1-12H,(H,23,24)(H2,21,22,25)/b20-12-. The number of carbonyl (C=O) groups is 2. The summed E-state index contributed by atoms with van der Waals surface area (Å²) in [6.07, 6.45) is 1.36. The van der Waals surface area contributed by atoms with Crippen LogP contribution in [0.1, 0.15) is 16.1 Å². The molecule has 0 bridgehead atoms. The zero-order valence-corrected chi connectivity index (χ0v) is 13.5. The number of furan rings is 1. The molecular formula is C19H15N3O4. The maximum atomic E-state index is 11.7. The van der Waals surface area contributed by atoms with Crippen molar-refractivity contribution in [2.75, 3.05) is 5.32 Å². The van der Waals surface area contributed by atoms with E-state index >= 15 is 0 Å². The normalized spacial score (nSPS) is 10.6. The van der Waals surface area contributed by atoms with Gasteiger partial charge in [-0.2, -0.15) is 5.10 Å². The third kappa shape index (κ3) is 4.35. The van der Waals surface area contributed by atoms with Gasteiger partial charge in [0.05, 0.1) is 11.8 Å². The number of amides is 2. The molecule has 0 radical (unpaired) electrons. The molecule has 0 atom stereocenters. The molecule has 0 aliphatic carbocycles. The van der Waals surface area contributed by atoms with E-state index in [0.29, 0.717) is 22.8 Å². The fourth-order valence-corrected chi connectivity index (χ4v) is 2.22. The number of nitrogens with one attached hydrogen (secondary N) is 2. The molecule has 7 nitrogen and oxygen atoms in total. The lowest BCUT2D eigenvalue weighted by atomic mass is 10.1. The van der Waals surface area contributed by atoms with E-state index < -0.39 is 12.0 Å². The molecule has 7 heteroatoms. The van der Waals surface area contributed by atoms with Crippen LogP contribution in [0.15, 0.2) is 76.2 Å². The molecule has 0 aliphatic heterocycles. The number of aromatic carboxylic acids is 1. The smallest absolute Gasteiger partial charge is 0.339 e. The molecule has 130 valence electrons. The molecule has 0 aliphatic rings. The van der Waals surface area contributed by atoms with Crippen LogP contribution in [0.25, 0.3) is 11.3 Å². The van der Waals surface area contributed by atoms with Crippen LogP contribution in [0.4, 0.5) is 10.5 Å². The zero-order chi connectivity index (χ0) is 18.4. The van der Waals surface area contributed by atoms with Crippen molar-refractivity contribution in [3.63, 3.8) is 0 Å². The van der Waals surface area contributed by atoms with Gasteiger partial charge in [-0.15, -0.1) is 0 Å². The third-order valence-corrected chi connectivity index (χ3v) is 3.41. The summed E-state index contributed by atoms with van der Waals surface area (Å²) >= 11 is 0. The summed E-state index contributed by atoms with van der Waals surface area (Å²) in [7, 11) is 0. The minimum absolute atomic E-state index is 0.174. The number of hydrogen-bond acceptors (Lipinski definition) is 4. The molecule has 0 fully saturated rings. The minimum Gasteiger partial charge on any atom is -0.478 e. The Balaban J connectivity index is 1.61. The van der Waals surface area contributed by atoms with E-state index in [4.69, 9.17) is 9.52 Å². The lowest BCUT2D eigenvalue weighted by molar-refractivity contribution is 0.0697. The van der Waals surface area contributed by atoms with Gasteiger partial charge < -0.3 is 14.8 Å². The maximum absolute atomic E-state index is 11.7. The van der Waals surface area contributed by atoms with E-state index in [2.05, 4.69) is 15.8 Å². The Kier molecular flexibility index (Phi) is 5.09. The van der Waals surface area contributed by atoms with Crippen molar-refractivity contribution in [1.29, 1.82) is 0 Å². The van der Waals surface area contributed by atoms with Gasteiger partial charge in [-0.25, -0.2) is 15.0 Å². The predicted octanol–water partition coefficient (Wildman–Crippen LogP) is 3.80. The molecule has 0 saturated heterocycles. The van der Waals surface area contributed by atoms with Crippen LogP contribution < -0.4 is 10.7 Å². The first-order valence-corrected chi connectivity index (χ1v) is 7.70. The number of benzene rings is 2. The number of hydrogen-bond donors (Lipinski definition) is 3. The van der Waals surface area contributed by atoms with Gasteiger partial charge in [0.25, 0.3) is 0 Å². The van der Waals surface area contributed by atoms with Crippen LogP contribution >= 0.6 is 0 Å². The highest BCUT2D eigenvalue weighted by Crippen LogP contribution is 2.22. The lowest BCUT2D eigenvalue weighted by Gasteiger charge is -2.02. The molecule has 0 spiro atoms. The summed E-state index contributed by atoms with van der Waals surface area (Å²) in [5.74, 6) is -0.0853. The fraction of sp³-hybridized carbons (Fsp3) is 0. The molecule has 3 rings (SSSR count). The van der Waals surface area contributed by atoms with E-state index in [9.17, 15) is 9.59 Å². The molecule has 26 heavy (non-hydrogen) atoms. The van der Waals surface area contributed by atoms with Crippen molar-refractivity contribution < 1.29 is 19.1 Å². The Labute approximate surface area is 149 Å². The largest absolute Gasteiger partial charge is 0.478 e. The van der Waals surface area contributed by atoms with Gasteiger partial charge in [0.1, 0.15) is 11.5 Å². The van der Waals surface area contributed by atoms with Crippen molar-refractivity contribution in [2.24, 2.45) is 5.10 Å². The molecule has 0 saturated carbocycles. The van der Waals surface area contributed by atoms with Crippen molar-refractivity contribution in [1.82, 2.24) is 5.43 Å². The van der Waals surface area contributed by atoms with Gasteiger partial charge >= 0.3 is 12.0 Å². The molecule has 3 aromatic rings. The topological polar surface area (TPSA) is 104 Å². The number of hydrazone groups is 1. The molecule has 3 N–H and O–H groups in total. The van der Waals surface area contributed by atoms with E-state index in [1.807, 2.05) is 18.2 Å². The summed E-state index contributed by atoms with van der Waals surface area (Å²) in [6.45, 7) is 0. The first kappa shape index (κ1) is 17.0. The summed E-state index contributed by atoms with van der Waals surface area (Å²) < 4.78 is 5.59. The van der Waals surface area contributed by atoms with Gasteiger partial charge in [0.15, 0.2) is 0 Å². The average Bonchev–Trinajstić information content (AvgIpc) is 3.11. The SMILES string of the molecule is O=C(N/N=C\c1ccc(-c2cccc(C(=O)O)c2)o1)Nc1ccccc1. The summed E-state index contributed by atoms with van der Waals surface area (Å²) in [6, 6.07) is 18.3. The summed E-state index contributed by atoms with van der Waals surface area (Å²) in [5, 5.41) is 15.5. The maximum Gasteiger partial charge on any atom is 0.339 e. The Morgan fingerprint density at radius 1 is 1.00 bits per heavy atom. The van der Waals surface area contributed by atoms with Crippen molar-refractivity contribution >= 4 is 23.9 Å². The van der Waals surface area contributed by atoms with Gasteiger partial charge in [-0.1, -0.05) is 30.3 Å². The van der Waals surface area contributed by atoms with Crippen LogP contribution in [0.5, 0.6) is 0 Å². The molecular weight excluding hydrogens is 334 g/mol. The summed E-state index contributed by atoms with van der Waals surface area (Å²) in [4.78, 5) is 22.7. The van der Waals surface area contributed by atoms with E-state index in [1.54, 1.807) is 36.4 Å². The number of urea groups is 1. The first-order chi connectivity index (χ1) is 12.6. The average molecular weight is 349 g/mol. The van der Waals surface area contributed by atoms with Crippen molar-refractivity contribution in [3.8, 4) is 11.3 Å². The number of para-hydroxylation sites is 1. The number of rotatable bonds is 5. The summed E-state index contributed by atoms with van der Waals surface area (Å²) in [5.41, 5.74) is 3.80. The second kappa shape index (κ2) is 7.80.